The third-order valence-corrected chi connectivity index (χ3v) is 10.6. The highest BCUT2D eigenvalue weighted by molar-refractivity contribution is 6.05. The van der Waals surface area contributed by atoms with Gasteiger partial charge in [-0.1, -0.05) is 176 Å². The molecule has 0 bridgehead atoms. The van der Waals surface area contributed by atoms with Crippen molar-refractivity contribution < 1.29 is 0 Å². The standard InChI is InChI=1S/C53H36N4/c1-35-32-48(55-52-46(35)30-28-43-29-31-47(54-51(43)52)39-14-7-3-8-15-39)41-26-22-38(23-27-41)44-18-11-19-45(33-44)53-56-49(40-16-9-4-10-17-40)34-50(57-53)42-24-20-37(21-25-42)36-12-5-2-6-13-36/h2-34H,1H3. The maximum absolute atomic E-state index is 5.23. The normalized spacial score (nSPS) is 11.2. The summed E-state index contributed by atoms with van der Waals surface area (Å²) in [6, 6.07) is 69.6. The summed E-state index contributed by atoms with van der Waals surface area (Å²) >= 11 is 0. The molecule has 0 aliphatic carbocycles. The van der Waals surface area contributed by atoms with Gasteiger partial charge in [-0.2, -0.15) is 0 Å². The summed E-state index contributed by atoms with van der Waals surface area (Å²) in [7, 11) is 0. The first-order valence-electron chi connectivity index (χ1n) is 19.2. The number of benzene rings is 7. The topological polar surface area (TPSA) is 51.6 Å². The second-order valence-corrected chi connectivity index (χ2v) is 14.3. The van der Waals surface area contributed by atoms with E-state index in [4.69, 9.17) is 19.9 Å². The SMILES string of the molecule is Cc1cc(-c2ccc(-c3cccc(-c4nc(-c5ccccc5)cc(-c5ccc(-c6ccccc6)cc5)n4)c3)cc2)nc2c1ccc1ccc(-c3ccccc3)nc12. The number of aromatic nitrogens is 4. The van der Waals surface area contributed by atoms with Crippen LogP contribution in [0, 0.1) is 6.92 Å². The van der Waals surface area contributed by atoms with Crippen molar-refractivity contribution in [2.75, 3.05) is 0 Å². The fourth-order valence-electron chi connectivity index (χ4n) is 7.57. The Morgan fingerprint density at radius 3 is 1.35 bits per heavy atom. The van der Waals surface area contributed by atoms with Crippen molar-refractivity contribution in [2.45, 2.75) is 6.92 Å². The van der Waals surface area contributed by atoms with E-state index in [-0.39, 0.29) is 0 Å². The lowest BCUT2D eigenvalue weighted by molar-refractivity contribution is 1.18. The number of nitrogens with zero attached hydrogens (tertiary/aromatic N) is 4. The Morgan fingerprint density at radius 1 is 0.281 bits per heavy atom. The van der Waals surface area contributed by atoms with Gasteiger partial charge in [0.2, 0.25) is 0 Å². The van der Waals surface area contributed by atoms with Crippen LogP contribution in [-0.4, -0.2) is 19.9 Å². The maximum atomic E-state index is 5.23. The molecule has 57 heavy (non-hydrogen) atoms. The molecule has 0 atom stereocenters. The molecule has 3 aromatic heterocycles. The van der Waals surface area contributed by atoms with E-state index in [9.17, 15) is 0 Å². The van der Waals surface area contributed by atoms with E-state index in [0.29, 0.717) is 5.82 Å². The Bertz CT molecular complexity index is 3030. The monoisotopic (exact) mass is 728 g/mol. The largest absolute Gasteiger partial charge is 0.245 e. The highest BCUT2D eigenvalue weighted by Gasteiger charge is 2.14. The van der Waals surface area contributed by atoms with Crippen molar-refractivity contribution in [1.29, 1.82) is 0 Å². The van der Waals surface area contributed by atoms with E-state index in [2.05, 4.69) is 165 Å². The second-order valence-electron chi connectivity index (χ2n) is 14.3. The number of hydrogen-bond acceptors (Lipinski definition) is 4. The molecule has 0 aliphatic rings. The zero-order valence-electron chi connectivity index (χ0n) is 31.3. The number of aryl methyl sites for hydroxylation is 1. The fourth-order valence-corrected chi connectivity index (χ4v) is 7.57. The van der Waals surface area contributed by atoms with Gasteiger partial charge in [0.05, 0.1) is 33.8 Å². The number of rotatable bonds is 7. The van der Waals surface area contributed by atoms with Crippen LogP contribution in [0.2, 0.25) is 0 Å². The molecule has 0 N–H and O–H groups in total. The van der Waals surface area contributed by atoms with Crippen molar-refractivity contribution in [3.63, 3.8) is 0 Å². The van der Waals surface area contributed by atoms with Crippen LogP contribution in [0.1, 0.15) is 5.56 Å². The molecule has 0 saturated heterocycles. The summed E-state index contributed by atoms with van der Waals surface area (Å²) in [5.41, 5.74) is 16.4. The zero-order valence-corrected chi connectivity index (χ0v) is 31.3. The molecule has 0 aliphatic heterocycles. The van der Waals surface area contributed by atoms with Gasteiger partial charge in [-0.05, 0) is 59.0 Å². The van der Waals surface area contributed by atoms with Gasteiger partial charge in [0.25, 0.3) is 0 Å². The lowest BCUT2D eigenvalue weighted by atomic mass is 9.99. The summed E-state index contributed by atoms with van der Waals surface area (Å²) < 4.78 is 0. The van der Waals surface area contributed by atoms with Crippen LogP contribution in [-0.2, 0) is 0 Å². The molecule has 10 aromatic rings. The average Bonchev–Trinajstić information content (AvgIpc) is 3.29. The van der Waals surface area contributed by atoms with Crippen molar-refractivity contribution in [1.82, 2.24) is 19.9 Å². The molecule has 0 unspecified atom stereocenters. The van der Waals surface area contributed by atoms with Crippen LogP contribution in [0.25, 0.3) is 100 Å². The number of hydrogen-bond donors (Lipinski definition) is 0. The Kier molecular flexibility index (Phi) is 8.69. The van der Waals surface area contributed by atoms with Crippen LogP contribution in [0.15, 0.2) is 200 Å². The van der Waals surface area contributed by atoms with Crippen LogP contribution in [0.4, 0.5) is 0 Å². The van der Waals surface area contributed by atoms with Gasteiger partial charge in [0, 0.05) is 38.6 Å². The Hall–Kier alpha value is -7.56. The van der Waals surface area contributed by atoms with Gasteiger partial charge in [-0.3, -0.25) is 0 Å². The van der Waals surface area contributed by atoms with Crippen molar-refractivity contribution in [2.24, 2.45) is 0 Å². The summed E-state index contributed by atoms with van der Waals surface area (Å²) in [4.78, 5) is 20.6. The van der Waals surface area contributed by atoms with Crippen molar-refractivity contribution >= 4 is 21.8 Å². The summed E-state index contributed by atoms with van der Waals surface area (Å²) in [5.74, 6) is 0.684. The second kappa shape index (κ2) is 14.6. The van der Waals surface area contributed by atoms with E-state index in [1.165, 1.54) is 16.7 Å². The minimum atomic E-state index is 0.684. The molecule has 0 fully saturated rings. The Balaban J connectivity index is 0.993. The molecule has 0 amide bonds. The molecule has 7 aromatic carbocycles. The molecule has 4 nitrogen and oxygen atoms in total. The maximum Gasteiger partial charge on any atom is 0.160 e. The molecule has 3 heterocycles. The number of pyridine rings is 2. The summed E-state index contributed by atoms with van der Waals surface area (Å²) in [6.07, 6.45) is 0. The van der Waals surface area contributed by atoms with Gasteiger partial charge >= 0.3 is 0 Å². The van der Waals surface area contributed by atoms with Crippen LogP contribution < -0.4 is 0 Å². The molecule has 4 heteroatoms. The summed E-state index contributed by atoms with van der Waals surface area (Å²) in [6.45, 7) is 2.15. The Morgan fingerprint density at radius 2 is 0.719 bits per heavy atom. The lowest BCUT2D eigenvalue weighted by Crippen LogP contribution is -1.96. The predicted molar refractivity (Wildman–Crippen MR) is 235 cm³/mol. The quantitative estimate of drug-likeness (QED) is 0.153. The van der Waals surface area contributed by atoms with Gasteiger partial charge in [-0.15, -0.1) is 0 Å². The van der Waals surface area contributed by atoms with E-state index >= 15 is 0 Å². The van der Waals surface area contributed by atoms with Crippen LogP contribution >= 0.6 is 0 Å². The first-order valence-corrected chi connectivity index (χ1v) is 19.2. The highest BCUT2D eigenvalue weighted by Crippen LogP contribution is 2.34. The average molecular weight is 729 g/mol. The van der Waals surface area contributed by atoms with Gasteiger partial charge in [0.15, 0.2) is 5.82 Å². The van der Waals surface area contributed by atoms with Crippen LogP contribution in [0.3, 0.4) is 0 Å². The van der Waals surface area contributed by atoms with Gasteiger partial charge < -0.3 is 0 Å². The van der Waals surface area contributed by atoms with Gasteiger partial charge in [-0.25, -0.2) is 19.9 Å². The third kappa shape index (κ3) is 6.75. The predicted octanol–water partition coefficient (Wildman–Crippen LogP) is 13.6. The molecule has 268 valence electrons. The first-order chi connectivity index (χ1) is 28.1. The lowest BCUT2D eigenvalue weighted by Gasteiger charge is -2.12. The Labute approximate surface area is 331 Å². The van der Waals surface area contributed by atoms with E-state index < -0.39 is 0 Å². The van der Waals surface area contributed by atoms with Crippen LogP contribution in [0.5, 0.6) is 0 Å². The molecule has 0 spiro atoms. The molecular formula is C53H36N4. The van der Waals surface area contributed by atoms with E-state index in [1.807, 2.05) is 42.5 Å². The molecule has 10 rings (SSSR count). The smallest absolute Gasteiger partial charge is 0.160 e. The van der Waals surface area contributed by atoms with Crippen molar-refractivity contribution in [3.8, 4) is 78.7 Å². The van der Waals surface area contributed by atoms with Gasteiger partial charge in [0.1, 0.15) is 0 Å². The fraction of sp³-hybridized carbons (Fsp3) is 0.0189. The molecular weight excluding hydrogens is 693 g/mol. The molecule has 0 saturated carbocycles. The zero-order chi connectivity index (χ0) is 38.1. The van der Waals surface area contributed by atoms with E-state index in [1.54, 1.807) is 0 Å². The minimum absolute atomic E-state index is 0.684. The molecule has 0 radical (unpaired) electrons. The van der Waals surface area contributed by atoms with E-state index in [0.717, 1.165) is 83.5 Å². The minimum Gasteiger partial charge on any atom is -0.245 e. The summed E-state index contributed by atoms with van der Waals surface area (Å²) in [5, 5.41) is 2.19. The highest BCUT2D eigenvalue weighted by atomic mass is 14.9. The number of fused-ring (bicyclic) bond motifs is 3. The van der Waals surface area contributed by atoms with Crippen molar-refractivity contribution in [3.05, 3.63) is 206 Å². The third-order valence-electron chi connectivity index (χ3n) is 10.6. The first kappa shape index (κ1) is 34.0.